The molecule has 0 spiro atoms. The van der Waals surface area contributed by atoms with Crippen LogP contribution in [0.3, 0.4) is 0 Å². The van der Waals surface area contributed by atoms with Gasteiger partial charge < -0.3 is 11.1 Å². The number of hydrogen-bond donors (Lipinski definition) is 2. The molecule has 2 aromatic heterocycles. The molecule has 0 fully saturated rings. The molecule has 4 nitrogen and oxygen atoms in total. The Morgan fingerprint density at radius 1 is 1.11 bits per heavy atom. The van der Waals surface area contributed by atoms with Gasteiger partial charge in [-0.1, -0.05) is 6.07 Å². The van der Waals surface area contributed by atoms with E-state index in [4.69, 9.17) is 5.73 Å². The van der Waals surface area contributed by atoms with E-state index in [0.29, 0.717) is 5.82 Å². The number of aromatic nitrogens is 2. The molecule has 94 valence electrons. The molecule has 4 heteroatoms. The summed E-state index contributed by atoms with van der Waals surface area (Å²) in [6.45, 7) is 0.752. The van der Waals surface area contributed by atoms with Gasteiger partial charge in [0.2, 0.25) is 0 Å². The third-order valence-corrected chi connectivity index (χ3v) is 2.93. The van der Waals surface area contributed by atoms with Crippen molar-refractivity contribution < 1.29 is 0 Å². The average molecular weight is 250 g/mol. The van der Waals surface area contributed by atoms with Crippen LogP contribution >= 0.6 is 0 Å². The number of nitrogens with zero attached hydrogens (tertiary/aromatic N) is 2. The Labute approximate surface area is 111 Å². The summed E-state index contributed by atoms with van der Waals surface area (Å²) in [5.74, 6) is 0.545. The molecule has 0 saturated heterocycles. The van der Waals surface area contributed by atoms with Crippen LogP contribution in [0.5, 0.6) is 0 Å². The van der Waals surface area contributed by atoms with Gasteiger partial charge in [0.15, 0.2) is 0 Å². The summed E-state index contributed by atoms with van der Waals surface area (Å²) >= 11 is 0. The van der Waals surface area contributed by atoms with Crippen molar-refractivity contribution in [1.29, 1.82) is 0 Å². The number of nitrogens with two attached hydrogens (primary N) is 1. The van der Waals surface area contributed by atoms with Crippen molar-refractivity contribution in [3.63, 3.8) is 0 Å². The van der Waals surface area contributed by atoms with Crippen LogP contribution in [0.1, 0.15) is 5.56 Å². The second-order valence-corrected chi connectivity index (χ2v) is 4.36. The number of anilines is 2. The lowest BCUT2D eigenvalue weighted by molar-refractivity contribution is 1.11. The fourth-order valence-electron chi connectivity index (χ4n) is 1.96. The van der Waals surface area contributed by atoms with Crippen LogP contribution < -0.4 is 11.1 Å². The maximum Gasteiger partial charge on any atom is 0.124 e. The first kappa shape index (κ1) is 11.5. The quantitative estimate of drug-likeness (QED) is 0.750. The highest BCUT2D eigenvalue weighted by molar-refractivity contribution is 5.83. The van der Waals surface area contributed by atoms with Gasteiger partial charge in [-0.05, 0) is 42.0 Å². The molecule has 3 aromatic rings. The molecule has 1 aromatic carbocycles. The fourth-order valence-corrected chi connectivity index (χ4v) is 1.96. The van der Waals surface area contributed by atoms with Crippen LogP contribution in [-0.4, -0.2) is 9.97 Å². The summed E-state index contributed by atoms with van der Waals surface area (Å²) in [5.41, 5.74) is 8.78. The Hall–Kier alpha value is -2.62. The SMILES string of the molecule is Nc1ccc2cc(NCc3cccnc3)ccc2n1. The van der Waals surface area contributed by atoms with Crippen molar-refractivity contribution in [2.75, 3.05) is 11.1 Å². The van der Waals surface area contributed by atoms with Crippen molar-refractivity contribution in [3.05, 3.63) is 60.4 Å². The minimum absolute atomic E-state index is 0.545. The Balaban J connectivity index is 1.80. The van der Waals surface area contributed by atoms with Gasteiger partial charge in [-0.15, -0.1) is 0 Å². The van der Waals surface area contributed by atoms with Crippen LogP contribution in [0.15, 0.2) is 54.9 Å². The average Bonchev–Trinajstić information content (AvgIpc) is 2.46. The Morgan fingerprint density at radius 3 is 2.89 bits per heavy atom. The predicted molar refractivity (Wildman–Crippen MR) is 77.7 cm³/mol. The highest BCUT2D eigenvalue weighted by atomic mass is 14.9. The molecule has 0 radical (unpaired) electrons. The maximum absolute atomic E-state index is 5.66. The van der Waals surface area contributed by atoms with E-state index in [1.807, 2.05) is 42.6 Å². The second kappa shape index (κ2) is 4.94. The van der Waals surface area contributed by atoms with Crippen LogP contribution in [0.4, 0.5) is 11.5 Å². The molecular formula is C15H14N4. The third kappa shape index (κ3) is 2.63. The van der Waals surface area contributed by atoms with Crippen molar-refractivity contribution in [2.45, 2.75) is 6.54 Å². The molecule has 0 aliphatic carbocycles. The highest BCUT2D eigenvalue weighted by Gasteiger charge is 1.99. The Bertz CT molecular complexity index is 695. The lowest BCUT2D eigenvalue weighted by atomic mass is 10.2. The van der Waals surface area contributed by atoms with E-state index in [2.05, 4.69) is 21.4 Å². The number of nitrogens with one attached hydrogen (secondary N) is 1. The van der Waals surface area contributed by atoms with Crippen molar-refractivity contribution >= 4 is 22.4 Å². The van der Waals surface area contributed by atoms with E-state index in [0.717, 1.165) is 28.7 Å². The van der Waals surface area contributed by atoms with Crippen LogP contribution in [0.2, 0.25) is 0 Å². The smallest absolute Gasteiger partial charge is 0.124 e. The molecule has 0 aliphatic rings. The molecule has 19 heavy (non-hydrogen) atoms. The zero-order valence-corrected chi connectivity index (χ0v) is 10.4. The summed E-state index contributed by atoms with van der Waals surface area (Å²) in [7, 11) is 0. The summed E-state index contributed by atoms with van der Waals surface area (Å²) in [6, 6.07) is 13.8. The fraction of sp³-hybridized carbons (Fsp3) is 0.0667. The van der Waals surface area contributed by atoms with Gasteiger partial charge in [-0.2, -0.15) is 0 Å². The molecule has 2 heterocycles. The molecular weight excluding hydrogens is 236 g/mol. The van der Waals surface area contributed by atoms with E-state index in [9.17, 15) is 0 Å². The van der Waals surface area contributed by atoms with Gasteiger partial charge in [0.05, 0.1) is 5.52 Å². The van der Waals surface area contributed by atoms with Crippen molar-refractivity contribution in [3.8, 4) is 0 Å². The van der Waals surface area contributed by atoms with Crippen molar-refractivity contribution in [2.24, 2.45) is 0 Å². The first-order valence-electron chi connectivity index (χ1n) is 6.10. The van der Waals surface area contributed by atoms with E-state index in [-0.39, 0.29) is 0 Å². The molecule has 3 rings (SSSR count). The lowest BCUT2D eigenvalue weighted by Gasteiger charge is -2.07. The zero-order chi connectivity index (χ0) is 13.1. The normalized spacial score (nSPS) is 10.5. The number of rotatable bonds is 3. The van der Waals surface area contributed by atoms with E-state index >= 15 is 0 Å². The summed E-state index contributed by atoms with van der Waals surface area (Å²) in [4.78, 5) is 8.37. The van der Waals surface area contributed by atoms with Crippen LogP contribution in [-0.2, 0) is 6.54 Å². The molecule has 3 N–H and O–H groups in total. The predicted octanol–water partition coefficient (Wildman–Crippen LogP) is 2.82. The first-order valence-corrected chi connectivity index (χ1v) is 6.10. The minimum Gasteiger partial charge on any atom is -0.384 e. The monoisotopic (exact) mass is 250 g/mol. The largest absolute Gasteiger partial charge is 0.384 e. The van der Waals surface area contributed by atoms with Crippen molar-refractivity contribution in [1.82, 2.24) is 9.97 Å². The van der Waals surface area contributed by atoms with E-state index in [1.54, 1.807) is 6.20 Å². The Kier molecular flexibility index (Phi) is 2.98. The van der Waals surface area contributed by atoms with Gasteiger partial charge in [-0.25, -0.2) is 4.98 Å². The minimum atomic E-state index is 0.545. The van der Waals surface area contributed by atoms with Crippen LogP contribution in [0.25, 0.3) is 10.9 Å². The highest BCUT2D eigenvalue weighted by Crippen LogP contribution is 2.19. The standard InChI is InChI=1S/C15H14N4/c16-15-6-3-12-8-13(4-5-14(12)19-15)18-10-11-2-1-7-17-9-11/h1-9,18H,10H2,(H2,16,19). The van der Waals surface area contributed by atoms with Gasteiger partial charge in [0.1, 0.15) is 5.82 Å². The number of hydrogen-bond acceptors (Lipinski definition) is 4. The summed E-state index contributed by atoms with van der Waals surface area (Å²) < 4.78 is 0. The van der Waals surface area contributed by atoms with Gasteiger partial charge in [-0.3, -0.25) is 4.98 Å². The molecule has 0 amide bonds. The number of fused-ring (bicyclic) bond motifs is 1. The molecule has 0 atom stereocenters. The number of benzene rings is 1. The van der Waals surface area contributed by atoms with Gasteiger partial charge >= 0.3 is 0 Å². The second-order valence-electron chi connectivity index (χ2n) is 4.36. The molecule has 0 unspecified atom stereocenters. The van der Waals surface area contributed by atoms with E-state index < -0.39 is 0 Å². The van der Waals surface area contributed by atoms with Gasteiger partial charge in [0, 0.05) is 30.0 Å². The summed E-state index contributed by atoms with van der Waals surface area (Å²) in [6.07, 6.45) is 3.63. The number of nitrogen functional groups attached to an aromatic ring is 1. The summed E-state index contributed by atoms with van der Waals surface area (Å²) in [5, 5.41) is 4.44. The zero-order valence-electron chi connectivity index (χ0n) is 10.4. The number of pyridine rings is 2. The first-order chi connectivity index (χ1) is 9.31. The maximum atomic E-state index is 5.66. The topological polar surface area (TPSA) is 63.8 Å². The lowest BCUT2D eigenvalue weighted by Crippen LogP contribution is -1.99. The molecule has 0 bridgehead atoms. The van der Waals surface area contributed by atoms with E-state index in [1.165, 1.54) is 0 Å². The van der Waals surface area contributed by atoms with Gasteiger partial charge in [0.25, 0.3) is 0 Å². The Morgan fingerprint density at radius 2 is 2.05 bits per heavy atom. The molecule has 0 saturated carbocycles. The van der Waals surface area contributed by atoms with Crippen LogP contribution in [0, 0.1) is 0 Å². The third-order valence-electron chi connectivity index (χ3n) is 2.93. The molecule has 0 aliphatic heterocycles.